The number of hydrogen-bond acceptors (Lipinski definition) is 4. The summed E-state index contributed by atoms with van der Waals surface area (Å²) in [4.78, 5) is 28.1. The summed E-state index contributed by atoms with van der Waals surface area (Å²) in [5.74, 6) is -1.41. The maximum atomic E-state index is 14.6. The van der Waals surface area contributed by atoms with E-state index in [1.165, 1.54) is 35.2 Å². The standard InChI is InChI=1S/C29H33BrFN3O4S/c1-20(2)17-32-29(36)22(4)33(18-23-8-5-6-11-27(23)31)28(35)19-34(25-10-7-9-24(30)16-25)39(37,38)26-14-12-21(3)13-15-26/h5-16,20,22H,17-19H2,1-4H3,(H,32,36)/t22-/m0/s1. The Labute approximate surface area is 238 Å². The van der Waals surface area contributed by atoms with Gasteiger partial charge in [0.05, 0.1) is 10.6 Å². The molecule has 0 aromatic heterocycles. The number of nitrogens with zero attached hydrogens (tertiary/aromatic N) is 2. The molecule has 39 heavy (non-hydrogen) atoms. The Morgan fingerprint density at radius 2 is 1.64 bits per heavy atom. The number of sulfonamides is 1. The van der Waals surface area contributed by atoms with Crippen LogP contribution >= 0.6 is 15.9 Å². The van der Waals surface area contributed by atoms with Crippen LogP contribution in [0, 0.1) is 18.7 Å². The van der Waals surface area contributed by atoms with Gasteiger partial charge < -0.3 is 10.2 Å². The van der Waals surface area contributed by atoms with Gasteiger partial charge in [-0.1, -0.05) is 71.7 Å². The van der Waals surface area contributed by atoms with E-state index in [9.17, 15) is 22.4 Å². The maximum Gasteiger partial charge on any atom is 0.264 e. The van der Waals surface area contributed by atoms with Gasteiger partial charge >= 0.3 is 0 Å². The Kier molecular flexibility index (Phi) is 10.3. The van der Waals surface area contributed by atoms with Crippen molar-refractivity contribution < 1.29 is 22.4 Å². The van der Waals surface area contributed by atoms with Crippen LogP contribution in [0.5, 0.6) is 0 Å². The number of hydrogen-bond donors (Lipinski definition) is 1. The molecule has 0 saturated heterocycles. The van der Waals surface area contributed by atoms with Gasteiger partial charge in [0.2, 0.25) is 11.8 Å². The highest BCUT2D eigenvalue weighted by atomic mass is 79.9. The second-order valence-corrected chi connectivity index (χ2v) is 12.5. The second-order valence-electron chi connectivity index (χ2n) is 9.73. The van der Waals surface area contributed by atoms with Gasteiger partial charge in [0.1, 0.15) is 18.4 Å². The smallest absolute Gasteiger partial charge is 0.264 e. The number of aryl methyl sites for hydroxylation is 1. The fraction of sp³-hybridized carbons (Fsp3) is 0.310. The fourth-order valence-electron chi connectivity index (χ4n) is 3.84. The molecule has 2 amide bonds. The maximum absolute atomic E-state index is 14.6. The lowest BCUT2D eigenvalue weighted by Crippen LogP contribution is -2.51. The van der Waals surface area contributed by atoms with E-state index >= 15 is 0 Å². The van der Waals surface area contributed by atoms with Crippen LogP contribution in [0.4, 0.5) is 10.1 Å². The topological polar surface area (TPSA) is 86.8 Å². The summed E-state index contributed by atoms with van der Waals surface area (Å²) in [6, 6.07) is 17.9. The lowest BCUT2D eigenvalue weighted by atomic mass is 10.1. The van der Waals surface area contributed by atoms with Gasteiger partial charge in [-0.25, -0.2) is 12.8 Å². The first kappa shape index (κ1) is 30.3. The van der Waals surface area contributed by atoms with Crippen molar-refractivity contribution in [3.63, 3.8) is 0 Å². The van der Waals surface area contributed by atoms with Gasteiger partial charge in [0.15, 0.2) is 0 Å². The highest BCUT2D eigenvalue weighted by Gasteiger charge is 2.33. The highest BCUT2D eigenvalue weighted by molar-refractivity contribution is 9.10. The van der Waals surface area contributed by atoms with Crippen molar-refractivity contribution in [2.24, 2.45) is 5.92 Å². The minimum absolute atomic E-state index is 0.0178. The van der Waals surface area contributed by atoms with Crippen molar-refractivity contribution in [3.8, 4) is 0 Å². The molecule has 0 aliphatic carbocycles. The Morgan fingerprint density at radius 3 is 2.26 bits per heavy atom. The zero-order valence-corrected chi connectivity index (χ0v) is 24.8. The molecule has 0 aliphatic heterocycles. The molecule has 0 saturated carbocycles. The zero-order chi connectivity index (χ0) is 28.7. The Hall–Kier alpha value is -3.24. The second kappa shape index (κ2) is 13.2. The van der Waals surface area contributed by atoms with E-state index in [1.54, 1.807) is 49.4 Å². The molecule has 1 atom stereocenters. The first-order valence-electron chi connectivity index (χ1n) is 12.6. The summed E-state index contributed by atoms with van der Waals surface area (Å²) in [6.07, 6.45) is 0. The third-order valence-corrected chi connectivity index (χ3v) is 8.42. The molecule has 0 fully saturated rings. The molecule has 3 rings (SSSR count). The molecule has 0 aliphatic rings. The Morgan fingerprint density at radius 1 is 0.974 bits per heavy atom. The highest BCUT2D eigenvalue weighted by Crippen LogP contribution is 2.27. The lowest BCUT2D eigenvalue weighted by Gasteiger charge is -2.32. The van der Waals surface area contributed by atoms with Crippen LogP contribution in [0.3, 0.4) is 0 Å². The number of amides is 2. The molecule has 0 spiro atoms. The van der Waals surface area contributed by atoms with Crippen LogP contribution in [-0.2, 0) is 26.2 Å². The quantitative estimate of drug-likeness (QED) is 0.317. The zero-order valence-electron chi connectivity index (χ0n) is 22.4. The fourth-order valence-corrected chi connectivity index (χ4v) is 5.64. The summed E-state index contributed by atoms with van der Waals surface area (Å²) in [5.41, 5.74) is 1.36. The summed E-state index contributed by atoms with van der Waals surface area (Å²) in [6.45, 7) is 6.88. The van der Waals surface area contributed by atoms with Gasteiger partial charge in [-0.2, -0.15) is 0 Å². The minimum atomic E-state index is -4.17. The molecule has 1 N–H and O–H groups in total. The van der Waals surface area contributed by atoms with Gasteiger partial charge in [0, 0.05) is 23.1 Å². The molecule has 3 aromatic rings. The average Bonchev–Trinajstić information content (AvgIpc) is 2.89. The normalized spacial score (nSPS) is 12.2. The number of nitrogens with one attached hydrogen (secondary N) is 1. The predicted octanol–water partition coefficient (Wildman–Crippen LogP) is 5.28. The Bertz CT molecular complexity index is 1410. The predicted molar refractivity (Wildman–Crippen MR) is 154 cm³/mol. The summed E-state index contributed by atoms with van der Waals surface area (Å²) >= 11 is 3.37. The van der Waals surface area contributed by atoms with Crippen molar-refractivity contribution in [2.45, 2.75) is 45.2 Å². The Balaban J connectivity index is 2.02. The minimum Gasteiger partial charge on any atom is -0.354 e. The van der Waals surface area contributed by atoms with E-state index in [2.05, 4.69) is 21.2 Å². The van der Waals surface area contributed by atoms with E-state index in [0.717, 1.165) is 9.87 Å². The van der Waals surface area contributed by atoms with Crippen LogP contribution in [0.15, 0.2) is 82.2 Å². The number of halogens is 2. The lowest BCUT2D eigenvalue weighted by molar-refractivity contribution is -0.139. The molecule has 3 aromatic carbocycles. The number of rotatable bonds is 11. The van der Waals surface area contributed by atoms with Crippen molar-refractivity contribution >= 4 is 43.5 Å². The molecule has 0 unspecified atom stereocenters. The molecule has 208 valence electrons. The summed E-state index contributed by atoms with van der Waals surface area (Å²) in [5, 5.41) is 2.81. The summed E-state index contributed by atoms with van der Waals surface area (Å²) < 4.78 is 43.9. The van der Waals surface area contributed by atoms with Crippen LogP contribution in [-0.4, -0.2) is 44.3 Å². The van der Waals surface area contributed by atoms with Crippen LogP contribution in [0.2, 0.25) is 0 Å². The van der Waals surface area contributed by atoms with E-state index in [-0.39, 0.29) is 28.6 Å². The number of carbonyl (C=O) groups excluding carboxylic acids is 2. The van der Waals surface area contributed by atoms with Crippen LogP contribution in [0.1, 0.15) is 31.9 Å². The van der Waals surface area contributed by atoms with E-state index in [4.69, 9.17) is 0 Å². The van der Waals surface area contributed by atoms with E-state index < -0.39 is 40.2 Å². The largest absolute Gasteiger partial charge is 0.354 e. The molecule has 0 radical (unpaired) electrons. The van der Waals surface area contributed by atoms with Gasteiger partial charge in [-0.3, -0.25) is 13.9 Å². The van der Waals surface area contributed by atoms with E-state index in [0.29, 0.717) is 11.0 Å². The first-order chi connectivity index (χ1) is 18.4. The molecular formula is C29H33BrFN3O4S. The number of anilines is 1. The average molecular weight is 619 g/mol. The van der Waals surface area contributed by atoms with Crippen molar-refractivity contribution in [1.29, 1.82) is 0 Å². The van der Waals surface area contributed by atoms with Gasteiger partial charge in [0.25, 0.3) is 10.0 Å². The number of benzene rings is 3. The van der Waals surface area contributed by atoms with Crippen molar-refractivity contribution in [2.75, 3.05) is 17.4 Å². The number of carbonyl (C=O) groups is 2. The van der Waals surface area contributed by atoms with Gasteiger partial charge in [-0.05, 0) is 56.2 Å². The van der Waals surface area contributed by atoms with Gasteiger partial charge in [-0.15, -0.1) is 0 Å². The summed E-state index contributed by atoms with van der Waals surface area (Å²) in [7, 11) is -4.17. The van der Waals surface area contributed by atoms with Crippen molar-refractivity contribution in [1.82, 2.24) is 10.2 Å². The van der Waals surface area contributed by atoms with Crippen molar-refractivity contribution in [3.05, 3.63) is 94.2 Å². The van der Waals surface area contributed by atoms with Crippen LogP contribution < -0.4 is 9.62 Å². The molecule has 0 heterocycles. The third kappa shape index (κ3) is 7.89. The third-order valence-electron chi connectivity index (χ3n) is 6.13. The van der Waals surface area contributed by atoms with Crippen LogP contribution in [0.25, 0.3) is 0 Å². The first-order valence-corrected chi connectivity index (χ1v) is 14.8. The molecule has 7 nitrogen and oxygen atoms in total. The SMILES string of the molecule is Cc1ccc(S(=O)(=O)N(CC(=O)N(Cc2ccccc2F)[C@@H](C)C(=O)NCC(C)C)c2cccc(Br)c2)cc1. The molecule has 0 bridgehead atoms. The van der Waals surface area contributed by atoms with E-state index in [1.807, 2.05) is 20.8 Å². The molecular weight excluding hydrogens is 585 g/mol. The molecule has 10 heteroatoms. The monoisotopic (exact) mass is 617 g/mol.